The number of hydrogen-bond donors (Lipinski definition) is 3. The first kappa shape index (κ1) is 13.6. The van der Waals surface area contributed by atoms with Crippen molar-refractivity contribution in [2.75, 3.05) is 11.6 Å². The van der Waals surface area contributed by atoms with Crippen molar-refractivity contribution in [2.24, 2.45) is 0 Å². The number of benzene rings is 1. The van der Waals surface area contributed by atoms with Crippen LogP contribution in [0, 0.1) is 5.41 Å². The van der Waals surface area contributed by atoms with Gasteiger partial charge >= 0.3 is 0 Å². The number of rotatable bonds is 3. The van der Waals surface area contributed by atoms with E-state index in [4.69, 9.17) is 17.0 Å². The van der Waals surface area contributed by atoms with Crippen LogP contribution in [-0.4, -0.2) is 23.8 Å². The molecule has 0 aliphatic carbocycles. The maximum atomic E-state index is 12.1. The van der Waals surface area contributed by atoms with Crippen molar-refractivity contribution in [3.8, 4) is 0 Å². The normalized spacial score (nSPS) is 14.6. The lowest BCUT2D eigenvalue weighted by Gasteiger charge is -2.06. The maximum absolute atomic E-state index is 12.1. The predicted octanol–water partition coefficient (Wildman–Crippen LogP) is 2.00. The van der Waals surface area contributed by atoms with E-state index in [1.54, 1.807) is 30.5 Å². The molecule has 0 spiro atoms. The van der Waals surface area contributed by atoms with Gasteiger partial charge in [-0.05, 0) is 30.5 Å². The molecule has 7 heteroatoms. The van der Waals surface area contributed by atoms with Crippen LogP contribution in [0.1, 0.15) is 0 Å². The van der Waals surface area contributed by atoms with Gasteiger partial charge in [0.1, 0.15) is 11.3 Å². The van der Waals surface area contributed by atoms with Crippen LogP contribution in [0.5, 0.6) is 0 Å². The molecule has 0 bridgehead atoms. The molecule has 2 rings (SSSR count). The highest BCUT2D eigenvalue weighted by atomic mass is 35.5. The molecule has 0 radical (unpaired) electrons. The van der Waals surface area contributed by atoms with E-state index in [0.29, 0.717) is 15.7 Å². The molecule has 98 valence electrons. The standard InChI is InChI=1S/C12H10ClN3O2S/c1-19-12-8(9(14)11(18)16-12)10(17)15-7-4-2-6(13)3-5-7/h2-5H,1H3,(H,15,17)(H2,14,16,18). The minimum Gasteiger partial charge on any atom is -0.322 e. The van der Waals surface area contributed by atoms with Crippen LogP contribution >= 0.6 is 23.4 Å². The second-order valence-corrected chi connectivity index (χ2v) is 4.95. The largest absolute Gasteiger partial charge is 0.322 e. The predicted molar refractivity (Wildman–Crippen MR) is 76.5 cm³/mol. The zero-order chi connectivity index (χ0) is 14.0. The summed E-state index contributed by atoms with van der Waals surface area (Å²) in [5, 5.41) is 13.7. The van der Waals surface area contributed by atoms with Gasteiger partial charge in [-0.25, -0.2) is 0 Å². The Morgan fingerprint density at radius 3 is 2.58 bits per heavy atom. The van der Waals surface area contributed by atoms with E-state index in [1.165, 1.54) is 11.8 Å². The molecular formula is C12H10ClN3O2S. The van der Waals surface area contributed by atoms with Gasteiger partial charge < -0.3 is 10.6 Å². The molecule has 1 aromatic rings. The number of amides is 2. The molecule has 1 aliphatic rings. The van der Waals surface area contributed by atoms with Gasteiger partial charge in [0.25, 0.3) is 11.8 Å². The van der Waals surface area contributed by atoms with Gasteiger partial charge in [0.05, 0.1) is 5.03 Å². The van der Waals surface area contributed by atoms with Gasteiger partial charge in [0, 0.05) is 10.7 Å². The van der Waals surface area contributed by atoms with E-state index in [-0.39, 0.29) is 11.3 Å². The quantitative estimate of drug-likeness (QED) is 0.798. The molecular weight excluding hydrogens is 286 g/mol. The Hall–Kier alpha value is -1.79. The molecule has 1 aliphatic heterocycles. The number of carbonyl (C=O) groups excluding carboxylic acids is 2. The fourth-order valence-electron chi connectivity index (χ4n) is 1.55. The van der Waals surface area contributed by atoms with E-state index in [2.05, 4.69) is 10.6 Å². The lowest BCUT2D eigenvalue weighted by molar-refractivity contribution is -0.114. The number of halogens is 1. The van der Waals surface area contributed by atoms with Crippen molar-refractivity contribution in [2.45, 2.75) is 0 Å². The second kappa shape index (κ2) is 5.46. The summed E-state index contributed by atoms with van der Waals surface area (Å²) < 4.78 is 0. The molecule has 1 heterocycles. The third-order valence-electron chi connectivity index (χ3n) is 2.46. The first-order valence-electron chi connectivity index (χ1n) is 5.28. The lowest BCUT2D eigenvalue weighted by atomic mass is 10.2. The Balaban J connectivity index is 2.22. The summed E-state index contributed by atoms with van der Waals surface area (Å²) in [6, 6.07) is 6.58. The van der Waals surface area contributed by atoms with Crippen molar-refractivity contribution in [1.82, 2.24) is 5.32 Å². The van der Waals surface area contributed by atoms with E-state index < -0.39 is 11.8 Å². The van der Waals surface area contributed by atoms with Crippen LogP contribution < -0.4 is 10.6 Å². The number of hydrogen-bond acceptors (Lipinski definition) is 4. The third-order valence-corrected chi connectivity index (χ3v) is 3.43. The van der Waals surface area contributed by atoms with E-state index in [0.717, 1.165) is 0 Å². The van der Waals surface area contributed by atoms with E-state index >= 15 is 0 Å². The molecule has 0 saturated carbocycles. The number of carbonyl (C=O) groups is 2. The van der Waals surface area contributed by atoms with E-state index in [1.807, 2.05) is 0 Å². The molecule has 3 N–H and O–H groups in total. The summed E-state index contributed by atoms with van der Waals surface area (Å²) in [4.78, 5) is 23.4. The smallest absolute Gasteiger partial charge is 0.274 e. The van der Waals surface area contributed by atoms with Crippen LogP contribution in [0.2, 0.25) is 5.02 Å². The zero-order valence-electron chi connectivity index (χ0n) is 9.91. The first-order chi connectivity index (χ1) is 9.02. The van der Waals surface area contributed by atoms with Crippen molar-refractivity contribution in [3.63, 3.8) is 0 Å². The number of thioether (sulfide) groups is 1. The van der Waals surface area contributed by atoms with Gasteiger partial charge in [-0.15, -0.1) is 11.8 Å². The average Bonchev–Trinajstić information content (AvgIpc) is 2.68. The fourth-order valence-corrected chi connectivity index (χ4v) is 2.27. The Bertz CT molecular complexity index is 595. The van der Waals surface area contributed by atoms with Crippen LogP contribution in [0.4, 0.5) is 5.69 Å². The van der Waals surface area contributed by atoms with Crippen molar-refractivity contribution < 1.29 is 9.59 Å². The van der Waals surface area contributed by atoms with Crippen molar-refractivity contribution >= 4 is 46.6 Å². The number of anilines is 1. The summed E-state index contributed by atoms with van der Waals surface area (Å²) >= 11 is 6.96. The molecule has 1 aromatic carbocycles. The maximum Gasteiger partial charge on any atom is 0.274 e. The lowest BCUT2D eigenvalue weighted by Crippen LogP contribution is -2.23. The van der Waals surface area contributed by atoms with Crippen molar-refractivity contribution in [3.05, 3.63) is 39.9 Å². The summed E-state index contributed by atoms with van der Waals surface area (Å²) in [6.07, 6.45) is 1.73. The van der Waals surface area contributed by atoms with Crippen LogP contribution in [0.3, 0.4) is 0 Å². The highest BCUT2D eigenvalue weighted by Crippen LogP contribution is 2.22. The summed E-state index contributed by atoms with van der Waals surface area (Å²) in [6.45, 7) is 0. The second-order valence-electron chi connectivity index (χ2n) is 3.70. The van der Waals surface area contributed by atoms with Crippen LogP contribution in [0.25, 0.3) is 0 Å². The Labute approximate surface area is 118 Å². The summed E-state index contributed by atoms with van der Waals surface area (Å²) in [5.74, 6) is -1.05. The molecule has 0 unspecified atom stereocenters. The monoisotopic (exact) mass is 295 g/mol. The molecule has 0 saturated heterocycles. The average molecular weight is 296 g/mol. The van der Waals surface area contributed by atoms with Crippen molar-refractivity contribution in [1.29, 1.82) is 5.41 Å². The van der Waals surface area contributed by atoms with Crippen LogP contribution in [-0.2, 0) is 9.59 Å². The number of nitrogens with one attached hydrogen (secondary N) is 3. The SMILES string of the molecule is CSC1=C(C(=O)Nc2ccc(Cl)cc2)C(=N)C(=O)N1. The van der Waals surface area contributed by atoms with Gasteiger partial charge in [0.2, 0.25) is 0 Å². The Morgan fingerprint density at radius 2 is 2.00 bits per heavy atom. The van der Waals surface area contributed by atoms with Gasteiger partial charge in [-0.1, -0.05) is 11.6 Å². The first-order valence-corrected chi connectivity index (χ1v) is 6.88. The minimum atomic E-state index is -0.564. The molecule has 19 heavy (non-hydrogen) atoms. The minimum absolute atomic E-state index is 0.0625. The fraction of sp³-hybridized carbons (Fsp3) is 0.0833. The summed E-state index contributed by atoms with van der Waals surface area (Å²) in [5.41, 5.74) is 0.290. The highest BCUT2D eigenvalue weighted by Gasteiger charge is 2.32. The van der Waals surface area contributed by atoms with Gasteiger partial charge in [0.15, 0.2) is 0 Å². The summed E-state index contributed by atoms with van der Waals surface area (Å²) in [7, 11) is 0. The Morgan fingerprint density at radius 1 is 1.37 bits per heavy atom. The zero-order valence-corrected chi connectivity index (χ0v) is 11.5. The third kappa shape index (κ3) is 2.80. The van der Waals surface area contributed by atoms with E-state index in [9.17, 15) is 9.59 Å². The highest BCUT2D eigenvalue weighted by molar-refractivity contribution is 8.02. The Kier molecular flexibility index (Phi) is 3.92. The van der Waals surface area contributed by atoms with Crippen LogP contribution in [0.15, 0.2) is 34.9 Å². The molecule has 0 fully saturated rings. The van der Waals surface area contributed by atoms with Gasteiger partial charge in [-0.2, -0.15) is 0 Å². The molecule has 5 nitrogen and oxygen atoms in total. The molecule has 0 atom stereocenters. The molecule has 2 amide bonds. The topological polar surface area (TPSA) is 82.1 Å². The molecule has 0 aromatic heterocycles. The van der Waals surface area contributed by atoms with Gasteiger partial charge in [-0.3, -0.25) is 15.0 Å².